The average molecular weight is 333 g/mol. The monoisotopic (exact) mass is 333 g/mol. The Balaban J connectivity index is 2.51. The van der Waals surface area contributed by atoms with E-state index in [0.717, 1.165) is 32.2 Å². The van der Waals surface area contributed by atoms with Gasteiger partial charge in [-0.1, -0.05) is 19.9 Å². The average Bonchev–Trinajstić information content (AvgIpc) is 2.60. The molecule has 134 valence electrons. The second kappa shape index (κ2) is 8.10. The Kier molecular flexibility index (Phi) is 6.38. The topological polar surface area (TPSA) is 90.4 Å². The summed E-state index contributed by atoms with van der Waals surface area (Å²) < 4.78 is 5.84. The Morgan fingerprint density at radius 3 is 2.62 bits per heavy atom. The van der Waals surface area contributed by atoms with Crippen molar-refractivity contribution in [3.8, 4) is 0 Å². The molecule has 0 bridgehead atoms. The van der Waals surface area contributed by atoms with E-state index in [9.17, 15) is 4.79 Å². The van der Waals surface area contributed by atoms with Gasteiger partial charge < -0.3 is 21.5 Å². The summed E-state index contributed by atoms with van der Waals surface area (Å²) in [7, 11) is 1.78. The Bertz CT molecular complexity index is 570. The Morgan fingerprint density at radius 2 is 2.08 bits per heavy atom. The van der Waals surface area contributed by atoms with Gasteiger partial charge in [-0.05, 0) is 55.6 Å². The maximum Gasteiger partial charge on any atom is 0.248 e. The van der Waals surface area contributed by atoms with Crippen LogP contribution in [0.3, 0.4) is 0 Å². The summed E-state index contributed by atoms with van der Waals surface area (Å²) in [5.41, 5.74) is 14.2. The van der Waals surface area contributed by atoms with Crippen molar-refractivity contribution in [2.45, 2.75) is 57.1 Å². The zero-order valence-corrected chi connectivity index (χ0v) is 15.1. The van der Waals surface area contributed by atoms with Crippen LogP contribution in [0.5, 0.6) is 0 Å². The number of amides is 1. The van der Waals surface area contributed by atoms with Crippen molar-refractivity contribution >= 4 is 5.91 Å². The molecule has 1 aliphatic rings. The summed E-state index contributed by atoms with van der Waals surface area (Å²) in [6.45, 7) is 5.96. The molecule has 5 N–H and O–H groups in total. The fourth-order valence-electron chi connectivity index (χ4n) is 4.21. The third kappa shape index (κ3) is 3.34. The van der Waals surface area contributed by atoms with Crippen LogP contribution < -0.4 is 16.8 Å². The quantitative estimate of drug-likeness (QED) is 0.632. The van der Waals surface area contributed by atoms with Crippen LogP contribution >= 0.6 is 0 Å². The standard InChI is InChI=1S/C19H31N3O2/c1-4-19(5-2)15-11-14(18(21)23)8-7-13(15)12-16(24-3)17(19)22-10-6-9-20/h7-8,11,16-17,22H,4-6,9-10,12,20H2,1-3H3,(H2,21,23)/t16-,17+/m0/s1. The van der Waals surface area contributed by atoms with Gasteiger partial charge in [0.1, 0.15) is 0 Å². The van der Waals surface area contributed by atoms with Crippen LogP contribution in [0.2, 0.25) is 0 Å². The van der Waals surface area contributed by atoms with E-state index in [1.807, 2.05) is 18.2 Å². The molecule has 0 unspecified atom stereocenters. The molecule has 0 saturated heterocycles. The molecule has 0 fully saturated rings. The number of carbonyl (C=O) groups is 1. The number of carbonyl (C=O) groups excluding carboxylic acids is 1. The van der Waals surface area contributed by atoms with Gasteiger partial charge in [0.15, 0.2) is 0 Å². The first-order chi connectivity index (χ1) is 11.5. The molecule has 2 atom stereocenters. The maximum absolute atomic E-state index is 11.7. The number of benzene rings is 1. The van der Waals surface area contributed by atoms with Crippen LogP contribution in [0, 0.1) is 0 Å². The molecule has 1 aromatic carbocycles. The van der Waals surface area contributed by atoms with Gasteiger partial charge >= 0.3 is 0 Å². The third-order valence-corrected chi connectivity index (χ3v) is 5.63. The number of methoxy groups -OCH3 is 1. The number of fused-ring (bicyclic) bond motifs is 1. The number of ether oxygens (including phenoxy) is 1. The van der Waals surface area contributed by atoms with Crippen LogP contribution in [0.25, 0.3) is 0 Å². The van der Waals surface area contributed by atoms with Crippen LogP contribution in [-0.2, 0) is 16.6 Å². The highest BCUT2D eigenvalue weighted by atomic mass is 16.5. The Labute approximate surface area is 145 Å². The number of nitrogens with two attached hydrogens (primary N) is 2. The molecule has 5 heteroatoms. The third-order valence-electron chi connectivity index (χ3n) is 5.63. The van der Waals surface area contributed by atoms with E-state index in [2.05, 4.69) is 19.2 Å². The molecular weight excluding hydrogens is 302 g/mol. The summed E-state index contributed by atoms with van der Waals surface area (Å²) in [5, 5.41) is 3.68. The predicted octanol–water partition coefficient (Wildman–Crippen LogP) is 1.72. The van der Waals surface area contributed by atoms with Crippen molar-refractivity contribution in [2.75, 3.05) is 20.2 Å². The minimum absolute atomic E-state index is 0.0751. The summed E-state index contributed by atoms with van der Waals surface area (Å²) in [6, 6.07) is 6.05. The summed E-state index contributed by atoms with van der Waals surface area (Å²) in [6.07, 6.45) is 3.82. The smallest absolute Gasteiger partial charge is 0.248 e. The minimum atomic E-state index is -0.375. The Hall–Kier alpha value is -1.43. The van der Waals surface area contributed by atoms with E-state index < -0.39 is 0 Å². The zero-order chi connectivity index (χ0) is 17.7. The number of hydrogen-bond acceptors (Lipinski definition) is 4. The lowest BCUT2D eigenvalue weighted by Gasteiger charge is -2.49. The van der Waals surface area contributed by atoms with Crippen LogP contribution in [-0.4, -0.2) is 38.3 Å². The highest BCUT2D eigenvalue weighted by Crippen LogP contribution is 2.44. The molecule has 0 saturated carbocycles. The van der Waals surface area contributed by atoms with Gasteiger partial charge in [0.2, 0.25) is 5.91 Å². The molecule has 1 amide bonds. The van der Waals surface area contributed by atoms with Crippen molar-refractivity contribution in [1.29, 1.82) is 0 Å². The number of primary amides is 1. The fourth-order valence-corrected chi connectivity index (χ4v) is 4.21. The first kappa shape index (κ1) is 18.9. The molecular formula is C19H31N3O2. The van der Waals surface area contributed by atoms with Crippen molar-refractivity contribution < 1.29 is 9.53 Å². The molecule has 1 aliphatic carbocycles. The van der Waals surface area contributed by atoms with Gasteiger partial charge in [0.25, 0.3) is 0 Å². The van der Waals surface area contributed by atoms with E-state index in [-0.39, 0.29) is 23.5 Å². The van der Waals surface area contributed by atoms with Crippen molar-refractivity contribution in [3.05, 3.63) is 34.9 Å². The second-order valence-corrected chi connectivity index (χ2v) is 6.65. The van der Waals surface area contributed by atoms with Gasteiger partial charge in [-0.15, -0.1) is 0 Å². The Morgan fingerprint density at radius 1 is 1.38 bits per heavy atom. The maximum atomic E-state index is 11.7. The fraction of sp³-hybridized carbons (Fsp3) is 0.632. The normalized spacial score (nSPS) is 22.2. The molecule has 0 radical (unpaired) electrons. The highest BCUT2D eigenvalue weighted by Gasteiger charge is 2.46. The number of nitrogens with one attached hydrogen (secondary N) is 1. The summed E-state index contributed by atoms with van der Waals surface area (Å²) in [5.74, 6) is -0.375. The minimum Gasteiger partial charge on any atom is -0.379 e. The predicted molar refractivity (Wildman–Crippen MR) is 97.2 cm³/mol. The molecule has 1 aromatic rings. The van der Waals surface area contributed by atoms with Gasteiger partial charge in [-0.25, -0.2) is 0 Å². The summed E-state index contributed by atoms with van der Waals surface area (Å²) >= 11 is 0. The largest absolute Gasteiger partial charge is 0.379 e. The van der Waals surface area contributed by atoms with Crippen LogP contribution in [0.15, 0.2) is 18.2 Å². The van der Waals surface area contributed by atoms with E-state index in [0.29, 0.717) is 12.1 Å². The first-order valence-corrected chi connectivity index (χ1v) is 8.93. The first-order valence-electron chi connectivity index (χ1n) is 8.93. The zero-order valence-electron chi connectivity index (χ0n) is 15.1. The van der Waals surface area contributed by atoms with Crippen molar-refractivity contribution in [3.63, 3.8) is 0 Å². The van der Waals surface area contributed by atoms with E-state index in [1.165, 1.54) is 11.1 Å². The van der Waals surface area contributed by atoms with Crippen molar-refractivity contribution in [2.24, 2.45) is 11.5 Å². The molecule has 0 spiro atoms. The lowest BCUT2D eigenvalue weighted by atomic mass is 9.62. The van der Waals surface area contributed by atoms with E-state index in [1.54, 1.807) is 7.11 Å². The van der Waals surface area contributed by atoms with Crippen molar-refractivity contribution in [1.82, 2.24) is 5.32 Å². The molecule has 0 aliphatic heterocycles. The number of hydrogen-bond donors (Lipinski definition) is 3. The SMILES string of the molecule is CCC1(CC)c2cc(C(N)=O)ccc2C[C@H](OC)[C@H]1NCCCN. The van der Waals surface area contributed by atoms with Gasteiger partial charge in [-0.3, -0.25) is 4.79 Å². The van der Waals surface area contributed by atoms with Gasteiger partial charge in [0.05, 0.1) is 6.10 Å². The van der Waals surface area contributed by atoms with Crippen LogP contribution in [0.4, 0.5) is 0 Å². The summed E-state index contributed by atoms with van der Waals surface area (Å²) in [4.78, 5) is 11.7. The number of rotatable bonds is 8. The molecule has 2 rings (SSSR count). The lowest BCUT2D eigenvalue weighted by Crippen LogP contribution is -2.59. The van der Waals surface area contributed by atoms with Crippen LogP contribution in [0.1, 0.15) is 54.6 Å². The molecule has 24 heavy (non-hydrogen) atoms. The molecule has 0 heterocycles. The highest BCUT2D eigenvalue weighted by molar-refractivity contribution is 5.93. The molecule has 5 nitrogen and oxygen atoms in total. The van der Waals surface area contributed by atoms with Gasteiger partial charge in [0, 0.05) is 30.6 Å². The second-order valence-electron chi connectivity index (χ2n) is 6.65. The molecule has 0 aromatic heterocycles. The van der Waals surface area contributed by atoms with E-state index in [4.69, 9.17) is 16.2 Å². The van der Waals surface area contributed by atoms with E-state index >= 15 is 0 Å². The lowest BCUT2D eigenvalue weighted by molar-refractivity contribution is 0.0245. The van der Waals surface area contributed by atoms with Gasteiger partial charge in [-0.2, -0.15) is 0 Å².